The highest BCUT2D eigenvalue weighted by Crippen LogP contribution is 2.46. The first kappa shape index (κ1) is 24.9. The summed E-state index contributed by atoms with van der Waals surface area (Å²) >= 11 is 9.59. The van der Waals surface area contributed by atoms with Crippen LogP contribution in [0, 0.1) is 11.3 Å². The topological polar surface area (TPSA) is 78.4 Å². The number of halogens is 2. The van der Waals surface area contributed by atoms with Gasteiger partial charge in [-0.15, -0.1) is 0 Å². The third-order valence-corrected chi connectivity index (χ3v) is 7.82. The van der Waals surface area contributed by atoms with Gasteiger partial charge in [-0.1, -0.05) is 57.5 Å². The van der Waals surface area contributed by atoms with Crippen LogP contribution in [0.15, 0.2) is 53.3 Å². The number of para-hydroxylation sites is 1. The highest BCUT2D eigenvalue weighted by atomic mass is 79.9. The average molecular weight is 546 g/mol. The zero-order chi connectivity index (χ0) is 24.7. The van der Waals surface area contributed by atoms with Gasteiger partial charge in [-0.2, -0.15) is 0 Å². The van der Waals surface area contributed by atoms with Crippen molar-refractivity contribution < 1.29 is 9.90 Å². The molecule has 2 unspecified atom stereocenters. The molecule has 1 aliphatic rings. The maximum atomic E-state index is 13.7. The Labute approximate surface area is 213 Å². The van der Waals surface area contributed by atoms with E-state index >= 15 is 0 Å². The molecule has 1 aromatic heterocycles. The van der Waals surface area contributed by atoms with Crippen molar-refractivity contribution in [2.24, 2.45) is 11.3 Å². The lowest BCUT2D eigenvalue weighted by molar-refractivity contribution is -0.154. The van der Waals surface area contributed by atoms with Crippen molar-refractivity contribution in [1.82, 2.24) is 14.9 Å². The first-order valence-electron chi connectivity index (χ1n) is 11.5. The van der Waals surface area contributed by atoms with Crippen molar-refractivity contribution in [3.05, 3.63) is 63.9 Å². The summed E-state index contributed by atoms with van der Waals surface area (Å²) in [4.78, 5) is 24.4. The summed E-state index contributed by atoms with van der Waals surface area (Å²) < 4.78 is 0.877. The third-order valence-electron chi connectivity index (χ3n) is 6.92. The molecule has 2 heterocycles. The second-order valence-corrected chi connectivity index (χ2v) is 11.3. The van der Waals surface area contributed by atoms with E-state index in [2.05, 4.69) is 31.2 Å². The van der Waals surface area contributed by atoms with Gasteiger partial charge in [-0.25, -0.2) is 9.97 Å². The number of anilines is 1. The second kappa shape index (κ2) is 9.44. The third kappa shape index (κ3) is 4.53. The van der Waals surface area contributed by atoms with Crippen LogP contribution in [0.25, 0.3) is 10.9 Å². The normalized spacial score (nSPS) is 21.0. The minimum absolute atomic E-state index is 0.00277. The van der Waals surface area contributed by atoms with E-state index < -0.39 is 17.1 Å². The summed E-state index contributed by atoms with van der Waals surface area (Å²) in [5, 5.41) is 16.5. The maximum Gasteiger partial charge on any atom is 0.245 e. The number of carbonyl (C=O) groups excluding carboxylic acids is 1. The van der Waals surface area contributed by atoms with E-state index in [9.17, 15) is 9.90 Å². The standard InChI is InChI=1S/C26H30BrClN4O2/c1-16(2)21(31-23-19-6-5-7-20(27)22(19)29-15-30-23)24(33)32-13-12-26(34,25(3,4)14-32)17-8-10-18(28)11-9-17/h5-11,15-16,21,34H,12-14H2,1-4H3,(H,29,30,31). The van der Waals surface area contributed by atoms with E-state index in [1.165, 1.54) is 6.33 Å². The SMILES string of the molecule is CC(C)C(Nc1ncnc2c(Br)cccc12)C(=O)N1CCC(O)(c2ccc(Cl)cc2)C(C)(C)C1. The van der Waals surface area contributed by atoms with Gasteiger partial charge in [0.25, 0.3) is 0 Å². The fraction of sp³-hybridized carbons (Fsp3) is 0.423. The van der Waals surface area contributed by atoms with Crippen LogP contribution >= 0.6 is 27.5 Å². The summed E-state index contributed by atoms with van der Waals surface area (Å²) in [5.41, 5.74) is 0.0140. The van der Waals surface area contributed by atoms with Gasteiger partial charge in [0, 0.05) is 33.4 Å². The summed E-state index contributed by atoms with van der Waals surface area (Å²) in [6.45, 7) is 8.96. The number of fused-ring (bicyclic) bond motifs is 1. The molecule has 8 heteroatoms. The molecule has 1 aliphatic heterocycles. The van der Waals surface area contributed by atoms with Gasteiger partial charge in [0.05, 0.1) is 11.1 Å². The van der Waals surface area contributed by atoms with Crippen LogP contribution in [-0.2, 0) is 10.4 Å². The van der Waals surface area contributed by atoms with Gasteiger partial charge >= 0.3 is 0 Å². The number of benzene rings is 2. The highest BCUT2D eigenvalue weighted by molar-refractivity contribution is 9.10. The zero-order valence-corrected chi connectivity index (χ0v) is 22.2. The van der Waals surface area contributed by atoms with Crippen molar-refractivity contribution in [3.8, 4) is 0 Å². The fourth-order valence-electron chi connectivity index (χ4n) is 4.80. The molecule has 1 amide bonds. The van der Waals surface area contributed by atoms with Crippen LogP contribution in [0.2, 0.25) is 5.02 Å². The Morgan fingerprint density at radius 1 is 1.18 bits per heavy atom. The van der Waals surface area contributed by atoms with Crippen molar-refractivity contribution >= 4 is 50.2 Å². The molecule has 0 spiro atoms. The van der Waals surface area contributed by atoms with E-state index in [-0.39, 0.29) is 11.8 Å². The van der Waals surface area contributed by atoms with Gasteiger partial charge in [0.15, 0.2) is 0 Å². The Morgan fingerprint density at radius 2 is 1.88 bits per heavy atom. The first-order valence-corrected chi connectivity index (χ1v) is 12.6. The molecule has 1 saturated heterocycles. The fourth-order valence-corrected chi connectivity index (χ4v) is 5.39. The number of aromatic nitrogens is 2. The molecular weight excluding hydrogens is 516 g/mol. The number of piperidine rings is 1. The quantitative estimate of drug-likeness (QED) is 0.435. The molecule has 34 heavy (non-hydrogen) atoms. The molecular formula is C26H30BrClN4O2. The minimum atomic E-state index is -1.05. The Balaban J connectivity index is 1.58. The smallest absolute Gasteiger partial charge is 0.245 e. The summed E-state index contributed by atoms with van der Waals surface area (Å²) in [6.07, 6.45) is 1.95. The van der Waals surface area contributed by atoms with Crippen LogP contribution < -0.4 is 5.32 Å². The summed E-state index contributed by atoms with van der Waals surface area (Å²) in [5.74, 6) is 0.667. The van der Waals surface area contributed by atoms with Crippen LogP contribution in [0.4, 0.5) is 5.82 Å². The van der Waals surface area contributed by atoms with E-state index in [1.54, 1.807) is 12.1 Å². The largest absolute Gasteiger partial charge is 0.384 e. The number of amides is 1. The van der Waals surface area contributed by atoms with E-state index in [0.29, 0.717) is 30.4 Å². The molecule has 0 radical (unpaired) electrons. The van der Waals surface area contributed by atoms with E-state index in [0.717, 1.165) is 20.9 Å². The molecule has 180 valence electrons. The molecule has 0 saturated carbocycles. The van der Waals surface area contributed by atoms with Crippen LogP contribution in [0.5, 0.6) is 0 Å². The van der Waals surface area contributed by atoms with Gasteiger partial charge in [-0.3, -0.25) is 4.79 Å². The highest BCUT2D eigenvalue weighted by Gasteiger charge is 2.50. The molecule has 4 rings (SSSR count). The number of rotatable bonds is 5. The number of aliphatic hydroxyl groups is 1. The van der Waals surface area contributed by atoms with Gasteiger partial charge in [0.1, 0.15) is 18.2 Å². The Bertz CT molecular complexity index is 1200. The molecule has 0 aliphatic carbocycles. The van der Waals surface area contributed by atoms with E-state index in [4.69, 9.17) is 11.6 Å². The number of likely N-dealkylation sites (tertiary alicyclic amines) is 1. The Hall–Kier alpha value is -2.22. The monoisotopic (exact) mass is 544 g/mol. The van der Waals surface area contributed by atoms with Gasteiger partial charge in [0.2, 0.25) is 5.91 Å². The molecule has 2 aromatic carbocycles. The lowest BCUT2D eigenvalue weighted by Gasteiger charge is -2.51. The molecule has 2 N–H and O–H groups in total. The Kier molecular flexibility index (Phi) is 6.91. The van der Waals surface area contributed by atoms with Crippen molar-refractivity contribution in [2.45, 2.75) is 45.8 Å². The van der Waals surface area contributed by atoms with Crippen LogP contribution in [0.1, 0.15) is 39.7 Å². The number of hydrogen-bond acceptors (Lipinski definition) is 5. The number of carbonyl (C=O) groups is 1. The number of hydrogen-bond donors (Lipinski definition) is 2. The summed E-state index contributed by atoms with van der Waals surface area (Å²) in [6, 6.07) is 12.7. The van der Waals surface area contributed by atoms with Crippen LogP contribution in [-0.4, -0.2) is 45.0 Å². The molecule has 0 bridgehead atoms. The molecule has 2 atom stereocenters. The first-order chi connectivity index (χ1) is 16.0. The Morgan fingerprint density at radius 3 is 2.53 bits per heavy atom. The van der Waals surface area contributed by atoms with E-state index in [1.807, 2.05) is 62.9 Å². The lowest BCUT2D eigenvalue weighted by Crippen LogP contribution is -2.59. The minimum Gasteiger partial charge on any atom is -0.384 e. The van der Waals surface area contributed by atoms with Crippen molar-refractivity contribution in [3.63, 3.8) is 0 Å². The van der Waals surface area contributed by atoms with Crippen molar-refractivity contribution in [1.29, 1.82) is 0 Å². The predicted octanol–water partition coefficient (Wildman–Crippen LogP) is 5.63. The summed E-state index contributed by atoms with van der Waals surface area (Å²) in [7, 11) is 0. The molecule has 1 fully saturated rings. The van der Waals surface area contributed by atoms with Crippen LogP contribution in [0.3, 0.4) is 0 Å². The van der Waals surface area contributed by atoms with Gasteiger partial charge < -0.3 is 15.3 Å². The van der Waals surface area contributed by atoms with Gasteiger partial charge in [-0.05, 0) is 58.1 Å². The number of nitrogens with one attached hydrogen (secondary N) is 1. The van der Waals surface area contributed by atoms with Crippen molar-refractivity contribution in [2.75, 3.05) is 18.4 Å². The zero-order valence-electron chi connectivity index (χ0n) is 19.8. The predicted molar refractivity (Wildman–Crippen MR) is 140 cm³/mol. The maximum absolute atomic E-state index is 13.7. The number of nitrogens with zero attached hydrogens (tertiary/aromatic N) is 3. The lowest BCUT2D eigenvalue weighted by atomic mass is 9.66. The second-order valence-electron chi connectivity index (χ2n) is 9.99. The molecule has 3 aromatic rings. The molecule has 6 nitrogen and oxygen atoms in total. The average Bonchev–Trinajstić information content (AvgIpc) is 2.79.